The average molecular weight is 263 g/mol. The van der Waals surface area contributed by atoms with Crippen LogP contribution in [0, 0.1) is 0 Å². The molecule has 18 heavy (non-hydrogen) atoms. The molecular formula is C13H13NO3S. The van der Waals surface area contributed by atoms with E-state index in [4.69, 9.17) is 9.47 Å². The molecule has 1 heterocycles. The monoisotopic (exact) mass is 263 g/mol. The number of likely N-dealkylation sites (N-methyl/N-ethyl adjacent to an activating group) is 1. The van der Waals surface area contributed by atoms with Crippen LogP contribution in [-0.2, 0) is 9.53 Å². The maximum atomic E-state index is 11.8. The van der Waals surface area contributed by atoms with Gasteiger partial charge in [0, 0.05) is 12.5 Å². The Labute approximate surface area is 110 Å². The summed E-state index contributed by atoms with van der Waals surface area (Å²) in [6.07, 6.45) is 1.55. The van der Waals surface area contributed by atoms with Crippen LogP contribution < -0.4 is 10.1 Å². The molecule has 0 aromatic heterocycles. The highest BCUT2D eigenvalue weighted by Crippen LogP contribution is 2.36. The van der Waals surface area contributed by atoms with Gasteiger partial charge in [0.25, 0.3) is 5.91 Å². The van der Waals surface area contributed by atoms with Crippen LogP contribution in [0.25, 0.3) is 5.76 Å². The summed E-state index contributed by atoms with van der Waals surface area (Å²) in [5.41, 5.74) is 0.760. The molecule has 1 aliphatic rings. The van der Waals surface area contributed by atoms with Crippen molar-refractivity contribution in [2.75, 3.05) is 14.2 Å². The van der Waals surface area contributed by atoms with Crippen LogP contribution in [0.5, 0.6) is 5.75 Å². The average Bonchev–Trinajstić information content (AvgIpc) is 2.46. The van der Waals surface area contributed by atoms with Crippen LogP contribution in [0.2, 0.25) is 0 Å². The Kier molecular flexibility index (Phi) is 3.94. The largest absolute Gasteiger partial charge is 0.496 e. The smallest absolute Gasteiger partial charge is 0.261 e. The summed E-state index contributed by atoms with van der Waals surface area (Å²) in [6, 6.07) is 7.43. The van der Waals surface area contributed by atoms with Crippen LogP contribution in [0.1, 0.15) is 5.56 Å². The number of carbonyl (C=O) groups is 1. The van der Waals surface area contributed by atoms with E-state index < -0.39 is 0 Å². The highest BCUT2D eigenvalue weighted by Gasteiger charge is 2.22. The number of rotatable bonds is 3. The third-order valence-corrected chi connectivity index (χ3v) is 3.27. The lowest BCUT2D eigenvalue weighted by atomic mass is 10.1. The van der Waals surface area contributed by atoms with Crippen LogP contribution in [-0.4, -0.2) is 20.1 Å². The topological polar surface area (TPSA) is 47.6 Å². The highest BCUT2D eigenvalue weighted by atomic mass is 32.2. The van der Waals surface area contributed by atoms with E-state index in [0.29, 0.717) is 16.4 Å². The first-order valence-corrected chi connectivity index (χ1v) is 6.24. The maximum absolute atomic E-state index is 11.8. The van der Waals surface area contributed by atoms with E-state index in [-0.39, 0.29) is 5.91 Å². The minimum absolute atomic E-state index is 0.176. The molecule has 0 unspecified atom stereocenters. The lowest BCUT2D eigenvalue weighted by Gasteiger charge is -2.17. The van der Waals surface area contributed by atoms with Crippen LogP contribution in [0.15, 0.2) is 40.8 Å². The van der Waals surface area contributed by atoms with Gasteiger partial charge in [-0.15, -0.1) is 0 Å². The zero-order valence-electron chi connectivity index (χ0n) is 10.1. The molecule has 1 aromatic rings. The summed E-state index contributed by atoms with van der Waals surface area (Å²) < 4.78 is 10.8. The molecule has 5 heteroatoms. The van der Waals surface area contributed by atoms with Gasteiger partial charge in [0.2, 0.25) is 0 Å². The third-order valence-electron chi connectivity index (χ3n) is 2.42. The number of amides is 1. The van der Waals surface area contributed by atoms with Gasteiger partial charge < -0.3 is 14.8 Å². The van der Waals surface area contributed by atoms with E-state index in [0.717, 1.165) is 5.56 Å². The second kappa shape index (κ2) is 5.64. The predicted molar refractivity (Wildman–Crippen MR) is 71.8 cm³/mol. The SMILES string of the molecule is CNC(=O)C1=C(c2ccccc2OC)OC=CS1. The number of para-hydroxylation sites is 1. The Balaban J connectivity index is 2.51. The quantitative estimate of drug-likeness (QED) is 0.909. The molecular weight excluding hydrogens is 250 g/mol. The van der Waals surface area contributed by atoms with E-state index in [1.54, 1.807) is 25.8 Å². The van der Waals surface area contributed by atoms with Gasteiger partial charge in [-0.2, -0.15) is 0 Å². The van der Waals surface area contributed by atoms with Crippen LogP contribution in [0.3, 0.4) is 0 Å². The van der Waals surface area contributed by atoms with Gasteiger partial charge in [-0.1, -0.05) is 23.9 Å². The zero-order valence-corrected chi connectivity index (χ0v) is 10.9. The molecule has 0 fully saturated rings. The molecule has 4 nitrogen and oxygen atoms in total. The maximum Gasteiger partial charge on any atom is 0.261 e. The Bertz CT molecular complexity index is 523. The fourth-order valence-electron chi connectivity index (χ4n) is 1.59. The van der Waals surface area contributed by atoms with Gasteiger partial charge in [-0.25, -0.2) is 0 Å². The summed E-state index contributed by atoms with van der Waals surface area (Å²) in [6.45, 7) is 0. The number of benzene rings is 1. The van der Waals surface area contributed by atoms with Gasteiger partial charge in [0.15, 0.2) is 5.76 Å². The Hall–Kier alpha value is -1.88. The number of thioether (sulfide) groups is 1. The van der Waals surface area contributed by atoms with Crippen molar-refractivity contribution in [3.05, 3.63) is 46.4 Å². The molecule has 0 saturated heterocycles. The Morgan fingerprint density at radius 3 is 2.89 bits per heavy atom. The van der Waals surface area contributed by atoms with E-state index in [9.17, 15) is 4.79 Å². The van der Waals surface area contributed by atoms with Gasteiger partial charge >= 0.3 is 0 Å². The number of methoxy groups -OCH3 is 1. The normalized spacial score (nSPS) is 14.1. The number of hydrogen-bond donors (Lipinski definition) is 1. The minimum Gasteiger partial charge on any atom is -0.496 e. The van der Waals surface area contributed by atoms with Gasteiger partial charge in [-0.05, 0) is 12.1 Å². The van der Waals surface area contributed by atoms with Crippen molar-refractivity contribution in [1.82, 2.24) is 5.32 Å². The number of hydrogen-bond acceptors (Lipinski definition) is 4. The zero-order chi connectivity index (χ0) is 13.0. The van der Waals surface area contributed by atoms with Gasteiger partial charge in [-0.3, -0.25) is 4.79 Å². The lowest BCUT2D eigenvalue weighted by Crippen LogP contribution is -2.20. The molecule has 0 saturated carbocycles. The molecule has 1 amide bonds. The van der Waals surface area contributed by atoms with Crippen molar-refractivity contribution in [1.29, 1.82) is 0 Å². The van der Waals surface area contributed by atoms with E-state index in [2.05, 4.69) is 5.32 Å². The Morgan fingerprint density at radius 1 is 1.39 bits per heavy atom. The van der Waals surface area contributed by atoms with Crippen LogP contribution >= 0.6 is 11.8 Å². The molecule has 0 bridgehead atoms. The van der Waals surface area contributed by atoms with Crippen molar-refractivity contribution in [3.63, 3.8) is 0 Å². The summed E-state index contributed by atoms with van der Waals surface area (Å²) in [5.74, 6) is 1.01. The fourth-order valence-corrected chi connectivity index (χ4v) is 2.31. The molecule has 0 atom stereocenters. The number of ether oxygens (including phenoxy) is 2. The lowest BCUT2D eigenvalue weighted by molar-refractivity contribution is -0.116. The summed E-state index contributed by atoms with van der Waals surface area (Å²) in [5, 5.41) is 4.33. The van der Waals surface area contributed by atoms with Crippen LogP contribution in [0.4, 0.5) is 0 Å². The molecule has 0 radical (unpaired) electrons. The fraction of sp³-hybridized carbons (Fsp3) is 0.154. The molecule has 0 aliphatic carbocycles. The first kappa shape index (κ1) is 12.6. The summed E-state index contributed by atoms with van der Waals surface area (Å²) >= 11 is 1.32. The van der Waals surface area contributed by atoms with Crippen molar-refractivity contribution < 1.29 is 14.3 Å². The molecule has 1 aliphatic heterocycles. The van der Waals surface area contributed by atoms with Gasteiger partial charge in [0.05, 0.1) is 18.9 Å². The standard InChI is InChI=1S/C13H13NO3S/c1-14-13(15)12-11(17-7-8-18-12)9-5-3-4-6-10(9)16-2/h3-8H,1-2H3,(H,14,15). The summed E-state index contributed by atoms with van der Waals surface area (Å²) in [4.78, 5) is 12.3. The Morgan fingerprint density at radius 2 is 2.17 bits per heavy atom. The number of nitrogens with one attached hydrogen (secondary N) is 1. The molecule has 2 rings (SSSR count). The van der Waals surface area contributed by atoms with Gasteiger partial charge in [0.1, 0.15) is 10.7 Å². The van der Waals surface area contributed by atoms with Crippen molar-refractivity contribution in [2.45, 2.75) is 0 Å². The highest BCUT2D eigenvalue weighted by molar-refractivity contribution is 8.06. The first-order valence-electron chi connectivity index (χ1n) is 5.36. The second-order valence-electron chi connectivity index (χ2n) is 3.45. The van der Waals surface area contributed by atoms with Crippen molar-refractivity contribution >= 4 is 23.4 Å². The molecule has 1 aromatic carbocycles. The molecule has 94 valence electrons. The van der Waals surface area contributed by atoms with Crippen molar-refractivity contribution in [3.8, 4) is 5.75 Å². The van der Waals surface area contributed by atoms with Crippen molar-refractivity contribution in [2.24, 2.45) is 0 Å². The predicted octanol–water partition coefficient (Wildman–Crippen LogP) is 2.34. The molecule has 0 spiro atoms. The first-order chi connectivity index (χ1) is 8.77. The minimum atomic E-state index is -0.176. The second-order valence-corrected chi connectivity index (χ2v) is 4.36. The van der Waals surface area contributed by atoms with E-state index in [1.165, 1.54) is 11.8 Å². The van der Waals surface area contributed by atoms with E-state index >= 15 is 0 Å². The molecule has 1 N–H and O–H groups in total. The summed E-state index contributed by atoms with van der Waals surface area (Å²) in [7, 11) is 3.18. The number of carbonyl (C=O) groups excluding carboxylic acids is 1. The third kappa shape index (κ3) is 2.36. The van der Waals surface area contributed by atoms with E-state index in [1.807, 2.05) is 24.3 Å².